The van der Waals surface area contributed by atoms with E-state index in [2.05, 4.69) is 63.4 Å². The maximum Gasteiger partial charge on any atom is 0.223 e. The highest BCUT2D eigenvalue weighted by atomic mass is 32.2. The van der Waals surface area contributed by atoms with E-state index in [9.17, 15) is 4.79 Å². The van der Waals surface area contributed by atoms with Crippen molar-refractivity contribution in [3.8, 4) is 5.69 Å². The van der Waals surface area contributed by atoms with Gasteiger partial charge in [0.1, 0.15) is 0 Å². The summed E-state index contributed by atoms with van der Waals surface area (Å²) < 4.78 is 2.08. The Morgan fingerprint density at radius 1 is 1.10 bits per heavy atom. The summed E-state index contributed by atoms with van der Waals surface area (Å²) in [6, 6.07) is 18.5. The number of amides is 1. The lowest BCUT2D eigenvalue weighted by molar-refractivity contribution is -0.125. The number of carbonyl (C=O) groups is 1. The minimum absolute atomic E-state index is 0.134. The number of hydrogen-bond donors (Lipinski definition) is 1. The zero-order valence-electron chi connectivity index (χ0n) is 17.5. The highest BCUT2D eigenvalue weighted by Gasteiger charge is 2.26. The maximum absolute atomic E-state index is 12.7. The summed E-state index contributed by atoms with van der Waals surface area (Å²) in [4.78, 5) is 12.7. The van der Waals surface area contributed by atoms with Gasteiger partial charge < -0.3 is 5.32 Å². The van der Waals surface area contributed by atoms with Gasteiger partial charge >= 0.3 is 0 Å². The molecule has 3 aromatic rings. The molecule has 1 aromatic heterocycles. The number of rotatable bonds is 7. The SMILES string of the molecule is Cc1ccc(-n2c(SCc3ccccc3)nnc2C(C)NC(=O)C2CCCC2)cc1. The van der Waals surface area contributed by atoms with Crippen molar-refractivity contribution in [2.24, 2.45) is 5.92 Å². The smallest absolute Gasteiger partial charge is 0.223 e. The summed E-state index contributed by atoms with van der Waals surface area (Å²) in [5, 5.41) is 13.0. The monoisotopic (exact) mass is 420 g/mol. The van der Waals surface area contributed by atoms with Crippen LogP contribution in [-0.4, -0.2) is 20.7 Å². The number of aromatic nitrogens is 3. The van der Waals surface area contributed by atoms with Crippen molar-refractivity contribution in [1.29, 1.82) is 0 Å². The average Bonchev–Trinajstić information content (AvgIpc) is 3.44. The zero-order valence-corrected chi connectivity index (χ0v) is 18.4. The Hall–Kier alpha value is -2.60. The molecular weight excluding hydrogens is 392 g/mol. The van der Waals surface area contributed by atoms with Crippen LogP contribution in [0.4, 0.5) is 0 Å². The molecule has 1 heterocycles. The topological polar surface area (TPSA) is 59.8 Å². The Morgan fingerprint density at radius 2 is 1.80 bits per heavy atom. The van der Waals surface area contributed by atoms with Crippen LogP contribution >= 0.6 is 11.8 Å². The van der Waals surface area contributed by atoms with Crippen molar-refractivity contribution in [3.63, 3.8) is 0 Å². The highest BCUT2D eigenvalue weighted by Crippen LogP contribution is 2.29. The fourth-order valence-corrected chi connectivity index (χ4v) is 4.81. The van der Waals surface area contributed by atoms with Crippen LogP contribution in [0, 0.1) is 12.8 Å². The van der Waals surface area contributed by atoms with Crippen molar-refractivity contribution in [1.82, 2.24) is 20.1 Å². The summed E-state index contributed by atoms with van der Waals surface area (Å²) in [7, 11) is 0. The van der Waals surface area contributed by atoms with Crippen LogP contribution in [-0.2, 0) is 10.5 Å². The van der Waals surface area contributed by atoms with Gasteiger partial charge in [-0.05, 0) is 44.4 Å². The van der Waals surface area contributed by atoms with Gasteiger partial charge in [-0.2, -0.15) is 0 Å². The van der Waals surface area contributed by atoms with Gasteiger partial charge in [-0.25, -0.2) is 0 Å². The van der Waals surface area contributed by atoms with E-state index in [4.69, 9.17) is 0 Å². The largest absolute Gasteiger partial charge is 0.346 e. The van der Waals surface area contributed by atoms with E-state index >= 15 is 0 Å². The molecule has 1 N–H and O–H groups in total. The first kappa shape index (κ1) is 20.7. The van der Waals surface area contributed by atoms with Crippen molar-refractivity contribution in [2.45, 2.75) is 56.5 Å². The number of nitrogens with zero attached hydrogens (tertiary/aromatic N) is 3. The molecule has 30 heavy (non-hydrogen) atoms. The molecule has 0 aliphatic heterocycles. The molecule has 0 bridgehead atoms. The molecule has 4 rings (SSSR count). The van der Waals surface area contributed by atoms with Gasteiger partial charge in [0.25, 0.3) is 0 Å². The van der Waals surface area contributed by atoms with Crippen LogP contribution in [0.15, 0.2) is 59.8 Å². The lowest BCUT2D eigenvalue weighted by Crippen LogP contribution is -2.33. The molecular formula is C24H28N4OS. The maximum atomic E-state index is 12.7. The number of carbonyl (C=O) groups excluding carboxylic acids is 1. The summed E-state index contributed by atoms with van der Waals surface area (Å²) in [6.45, 7) is 4.07. The van der Waals surface area contributed by atoms with E-state index in [1.54, 1.807) is 11.8 Å². The Kier molecular flexibility index (Phi) is 6.53. The molecule has 1 atom stereocenters. The predicted molar refractivity (Wildman–Crippen MR) is 121 cm³/mol. The molecule has 1 amide bonds. The molecule has 2 aromatic carbocycles. The fraction of sp³-hybridized carbons (Fsp3) is 0.375. The fourth-order valence-electron chi connectivity index (χ4n) is 3.90. The molecule has 6 heteroatoms. The van der Waals surface area contributed by atoms with Crippen molar-refractivity contribution < 1.29 is 4.79 Å². The standard InChI is InChI=1S/C24H28N4OS/c1-17-12-14-21(15-13-17)28-22(18(2)25-23(29)20-10-6-7-11-20)26-27-24(28)30-16-19-8-4-3-5-9-19/h3-5,8-9,12-15,18,20H,6-7,10-11,16H2,1-2H3,(H,25,29). The molecule has 5 nitrogen and oxygen atoms in total. The van der Waals surface area contributed by atoms with Crippen LogP contribution in [0.25, 0.3) is 5.69 Å². The molecule has 0 spiro atoms. The summed E-state index contributed by atoms with van der Waals surface area (Å²) in [6.07, 6.45) is 4.27. The third kappa shape index (κ3) is 4.75. The Bertz CT molecular complexity index is 978. The molecule has 0 saturated heterocycles. The predicted octanol–water partition coefficient (Wildman–Crippen LogP) is 5.24. The van der Waals surface area contributed by atoms with Crippen LogP contribution in [0.3, 0.4) is 0 Å². The number of nitrogens with one attached hydrogen (secondary N) is 1. The summed E-state index contributed by atoms with van der Waals surface area (Å²) >= 11 is 1.66. The van der Waals surface area contributed by atoms with Crippen LogP contribution in [0.5, 0.6) is 0 Å². The molecule has 156 valence electrons. The Labute approximate surface area is 182 Å². The van der Waals surface area contributed by atoms with Crippen LogP contribution < -0.4 is 5.32 Å². The molecule has 1 aliphatic carbocycles. The van der Waals surface area contributed by atoms with Gasteiger partial charge in [0.05, 0.1) is 6.04 Å². The number of hydrogen-bond acceptors (Lipinski definition) is 4. The Balaban J connectivity index is 1.59. The van der Waals surface area contributed by atoms with E-state index in [1.807, 2.05) is 25.1 Å². The average molecular weight is 421 g/mol. The van der Waals surface area contributed by atoms with Crippen molar-refractivity contribution in [3.05, 3.63) is 71.5 Å². The van der Waals surface area contributed by atoms with Crippen molar-refractivity contribution in [2.75, 3.05) is 0 Å². The molecule has 1 unspecified atom stereocenters. The van der Waals surface area contributed by atoms with E-state index in [0.717, 1.165) is 48.1 Å². The number of aryl methyl sites for hydroxylation is 1. The lowest BCUT2D eigenvalue weighted by Gasteiger charge is -2.18. The van der Waals surface area contributed by atoms with Gasteiger partial charge in [-0.1, -0.05) is 72.6 Å². The van der Waals surface area contributed by atoms with Gasteiger partial charge in [-0.15, -0.1) is 10.2 Å². The third-order valence-electron chi connectivity index (χ3n) is 5.63. The van der Waals surface area contributed by atoms with Gasteiger partial charge in [0.15, 0.2) is 11.0 Å². The zero-order chi connectivity index (χ0) is 20.9. The first-order valence-electron chi connectivity index (χ1n) is 10.6. The normalized spacial score (nSPS) is 15.3. The minimum Gasteiger partial charge on any atom is -0.346 e. The van der Waals surface area contributed by atoms with E-state index in [0.29, 0.717) is 0 Å². The second kappa shape index (κ2) is 9.47. The molecule has 1 fully saturated rings. The second-order valence-corrected chi connectivity index (χ2v) is 8.94. The van der Waals surface area contributed by atoms with Gasteiger partial charge in [0, 0.05) is 17.4 Å². The first-order chi connectivity index (χ1) is 14.6. The van der Waals surface area contributed by atoms with Crippen molar-refractivity contribution >= 4 is 17.7 Å². The Morgan fingerprint density at radius 3 is 2.50 bits per heavy atom. The lowest BCUT2D eigenvalue weighted by atomic mass is 10.1. The first-order valence-corrected chi connectivity index (χ1v) is 11.6. The number of thioether (sulfide) groups is 1. The highest BCUT2D eigenvalue weighted by molar-refractivity contribution is 7.98. The second-order valence-electron chi connectivity index (χ2n) is 8.00. The van der Waals surface area contributed by atoms with E-state index < -0.39 is 0 Å². The summed E-state index contributed by atoms with van der Waals surface area (Å²) in [5.74, 6) is 1.85. The van der Waals surface area contributed by atoms with Gasteiger partial charge in [0.2, 0.25) is 5.91 Å². The molecule has 0 radical (unpaired) electrons. The molecule has 1 saturated carbocycles. The van der Waals surface area contributed by atoms with Crippen LogP contribution in [0.1, 0.15) is 55.6 Å². The minimum atomic E-state index is -0.210. The van der Waals surface area contributed by atoms with Gasteiger partial charge in [-0.3, -0.25) is 9.36 Å². The summed E-state index contributed by atoms with van der Waals surface area (Å²) in [5.41, 5.74) is 3.46. The van der Waals surface area contributed by atoms with Crippen LogP contribution in [0.2, 0.25) is 0 Å². The van der Waals surface area contributed by atoms with E-state index in [-0.39, 0.29) is 17.9 Å². The quantitative estimate of drug-likeness (QED) is 0.531. The van der Waals surface area contributed by atoms with E-state index in [1.165, 1.54) is 11.1 Å². The third-order valence-corrected chi connectivity index (χ3v) is 6.63. The number of benzene rings is 2. The molecule has 1 aliphatic rings.